The Balaban J connectivity index is 2.03. The Labute approximate surface area is 127 Å². The highest BCUT2D eigenvalue weighted by Gasteiger charge is 2.34. The van der Waals surface area contributed by atoms with Gasteiger partial charge in [0.15, 0.2) is 0 Å². The van der Waals surface area contributed by atoms with Crippen molar-refractivity contribution in [3.05, 3.63) is 29.2 Å². The number of halogens is 1. The first-order valence-corrected chi connectivity index (χ1v) is 8.44. The lowest BCUT2D eigenvalue weighted by atomic mass is 10.3. The second kappa shape index (κ2) is 5.11. The van der Waals surface area contributed by atoms with E-state index in [-0.39, 0.29) is 17.3 Å². The molecule has 3 heterocycles. The summed E-state index contributed by atoms with van der Waals surface area (Å²) < 4.78 is 34.5. The number of aromatic nitrogens is 3. The first-order valence-electron chi connectivity index (χ1n) is 6.46. The molecule has 2 aromatic heterocycles. The topological polar surface area (TPSA) is 81.2 Å². The third-order valence-corrected chi connectivity index (χ3v) is 5.97. The predicted molar refractivity (Wildman–Crippen MR) is 75.4 cm³/mol. The van der Waals surface area contributed by atoms with Gasteiger partial charge >= 0.3 is 0 Å². The molecule has 21 heavy (non-hydrogen) atoms. The molecule has 0 N–H and O–H groups in total. The molecule has 0 saturated heterocycles. The zero-order valence-corrected chi connectivity index (χ0v) is 13.3. The molecule has 0 radical (unpaired) electrons. The van der Waals surface area contributed by atoms with Crippen LogP contribution in [0, 0.1) is 13.8 Å². The Bertz CT molecular complexity index is 781. The van der Waals surface area contributed by atoms with Crippen molar-refractivity contribution in [1.82, 2.24) is 19.1 Å². The summed E-state index contributed by atoms with van der Waals surface area (Å²) in [6.45, 7) is 4.47. The van der Waals surface area contributed by atoms with Gasteiger partial charge in [-0.2, -0.15) is 4.31 Å². The number of nitrogens with zero attached hydrogens (tertiary/aromatic N) is 4. The molecule has 9 heteroatoms. The van der Waals surface area contributed by atoms with Gasteiger partial charge in [-0.15, -0.1) is 21.8 Å². The van der Waals surface area contributed by atoms with E-state index in [1.165, 1.54) is 4.31 Å². The molecule has 7 nitrogen and oxygen atoms in total. The number of furan rings is 1. The van der Waals surface area contributed by atoms with E-state index in [1.54, 1.807) is 20.2 Å². The van der Waals surface area contributed by atoms with E-state index in [4.69, 9.17) is 16.0 Å². The van der Waals surface area contributed by atoms with Crippen molar-refractivity contribution in [3.63, 3.8) is 0 Å². The van der Waals surface area contributed by atoms with Crippen LogP contribution in [-0.2, 0) is 29.0 Å². The monoisotopic (exact) mass is 330 g/mol. The maximum absolute atomic E-state index is 12.9. The summed E-state index contributed by atoms with van der Waals surface area (Å²) in [4.78, 5) is 0.183. The molecule has 0 bridgehead atoms. The van der Waals surface area contributed by atoms with Gasteiger partial charge in [0.1, 0.15) is 28.6 Å². The van der Waals surface area contributed by atoms with Crippen LogP contribution in [0.5, 0.6) is 0 Å². The van der Waals surface area contributed by atoms with Crippen LogP contribution >= 0.6 is 11.6 Å². The summed E-state index contributed by atoms with van der Waals surface area (Å²) in [5.74, 6) is 1.65. The van der Waals surface area contributed by atoms with Crippen molar-refractivity contribution in [2.24, 2.45) is 0 Å². The summed E-state index contributed by atoms with van der Waals surface area (Å²) in [5.41, 5.74) is 0.529. The van der Waals surface area contributed by atoms with Gasteiger partial charge in [0.05, 0.1) is 12.4 Å². The normalized spacial score (nSPS) is 16.1. The van der Waals surface area contributed by atoms with Crippen LogP contribution in [0.15, 0.2) is 15.6 Å². The van der Waals surface area contributed by atoms with Crippen molar-refractivity contribution < 1.29 is 12.8 Å². The van der Waals surface area contributed by atoms with Gasteiger partial charge in [0, 0.05) is 18.7 Å². The van der Waals surface area contributed by atoms with Gasteiger partial charge in [-0.25, -0.2) is 8.42 Å². The SMILES string of the molecule is Cc1oc(C)c(S(=O)(=O)N2CCn3cnnc3C2)c1CCl. The number of hydrogen-bond donors (Lipinski definition) is 0. The Hall–Kier alpha value is -1.38. The number of hydrogen-bond acceptors (Lipinski definition) is 5. The predicted octanol–water partition coefficient (Wildman–Crippen LogP) is 1.43. The van der Waals surface area contributed by atoms with E-state index in [9.17, 15) is 8.42 Å². The summed E-state index contributed by atoms with van der Waals surface area (Å²) >= 11 is 5.89. The Morgan fingerprint density at radius 1 is 1.33 bits per heavy atom. The molecule has 0 unspecified atom stereocenters. The van der Waals surface area contributed by atoms with E-state index in [0.717, 1.165) is 0 Å². The van der Waals surface area contributed by atoms with Crippen LogP contribution < -0.4 is 0 Å². The molecule has 3 rings (SSSR count). The lowest BCUT2D eigenvalue weighted by Gasteiger charge is -2.26. The minimum absolute atomic E-state index is 0.0990. The van der Waals surface area contributed by atoms with Gasteiger partial charge < -0.3 is 8.98 Å². The van der Waals surface area contributed by atoms with E-state index in [2.05, 4.69) is 10.2 Å². The molecule has 1 aliphatic heterocycles. The van der Waals surface area contributed by atoms with Crippen molar-refractivity contribution >= 4 is 21.6 Å². The van der Waals surface area contributed by atoms with E-state index < -0.39 is 10.0 Å². The van der Waals surface area contributed by atoms with Crippen molar-refractivity contribution in [2.45, 2.75) is 37.7 Å². The van der Waals surface area contributed by atoms with Crippen LogP contribution in [0.2, 0.25) is 0 Å². The minimum atomic E-state index is -3.66. The fourth-order valence-corrected chi connectivity index (χ4v) is 4.78. The molecule has 0 aromatic carbocycles. The average molecular weight is 331 g/mol. The van der Waals surface area contributed by atoms with Gasteiger partial charge in [-0.1, -0.05) is 0 Å². The number of aryl methyl sites for hydroxylation is 2. The Kier molecular flexibility index (Phi) is 3.54. The molecular weight excluding hydrogens is 316 g/mol. The fraction of sp³-hybridized carbons (Fsp3) is 0.500. The number of alkyl halides is 1. The van der Waals surface area contributed by atoms with Gasteiger partial charge in [0.2, 0.25) is 10.0 Å². The van der Waals surface area contributed by atoms with E-state index in [0.29, 0.717) is 36.0 Å². The number of rotatable bonds is 3. The van der Waals surface area contributed by atoms with Gasteiger partial charge in [0.25, 0.3) is 0 Å². The maximum Gasteiger partial charge on any atom is 0.247 e. The average Bonchev–Trinajstić information content (AvgIpc) is 3.01. The van der Waals surface area contributed by atoms with E-state index >= 15 is 0 Å². The first-order chi connectivity index (χ1) is 9.95. The van der Waals surface area contributed by atoms with Gasteiger partial charge in [-0.3, -0.25) is 0 Å². The lowest BCUT2D eigenvalue weighted by Crippen LogP contribution is -2.38. The third-order valence-electron chi connectivity index (χ3n) is 3.66. The Morgan fingerprint density at radius 2 is 2.10 bits per heavy atom. The molecular formula is C12H15ClN4O3S. The third kappa shape index (κ3) is 2.27. The maximum atomic E-state index is 12.9. The van der Waals surface area contributed by atoms with Crippen LogP contribution in [0.1, 0.15) is 22.9 Å². The van der Waals surface area contributed by atoms with Crippen molar-refractivity contribution in [2.75, 3.05) is 6.54 Å². The highest BCUT2D eigenvalue weighted by atomic mass is 35.5. The first kappa shape index (κ1) is 14.6. The highest BCUT2D eigenvalue weighted by Crippen LogP contribution is 2.31. The minimum Gasteiger partial charge on any atom is -0.465 e. The second-order valence-corrected chi connectivity index (χ2v) is 7.08. The molecule has 0 fully saturated rings. The number of sulfonamides is 1. The molecule has 0 aliphatic carbocycles. The number of fused-ring (bicyclic) bond motifs is 1. The van der Waals surface area contributed by atoms with Gasteiger partial charge in [-0.05, 0) is 13.8 Å². The Morgan fingerprint density at radius 3 is 2.81 bits per heavy atom. The highest BCUT2D eigenvalue weighted by molar-refractivity contribution is 7.89. The fourth-order valence-electron chi connectivity index (χ4n) is 2.58. The van der Waals surface area contributed by atoms with Crippen LogP contribution in [0.3, 0.4) is 0 Å². The van der Waals surface area contributed by atoms with Crippen molar-refractivity contribution in [3.8, 4) is 0 Å². The van der Waals surface area contributed by atoms with Crippen LogP contribution in [-0.4, -0.2) is 34.0 Å². The molecule has 0 spiro atoms. The summed E-state index contributed by atoms with van der Waals surface area (Å²) in [6.07, 6.45) is 1.61. The molecule has 114 valence electrons. The molecule has 0 saturated carbocycles. The summed E-state index contributed by atoms with van der Waals surface area (Å²) in [5, 5.41) is 7.74. The molecule has 2 aromatic rings. The summed E-state index contributed by atoms with van der Waals surface area (Å²) in [6, 6.07) is 0. The van der Waals surface area contributed by atoms with Crippen LogP contribution in [0.25, 0.3) is 0 Å². The smallest absolute Gasteiger partial charge is 0.247 e. The van der Waals surface area contributed by atoms with Crippen molar-refractivity contribution in [1.29, 1.82) is 0 Å². The standard InChI is InChI=1S/C12H15ClN4O3S/c1-8-10(5-13)12(9(2)20-8)21(18,19)17-4-3-16-7-14-15-11(16)6-17/h7H,3-6H2,1-2H3. The molecule has 0 amide bonds. The lowest BCUT2D eigenvalue weighted by molar-refractivity contribution is 0.334. The zero-order valence-electron chi connectivity index (χ0n) is 11.7. The second-order valence-electron chi connectivity index (χ2n) is 4.93. The quantitative estimate of drug-likeness (QED) is 0.795. The van der Waals surface area contributed by atoms with Crippen LogP contribution in [0.4, 0.5) is 0 Å². The van der Waals surface area contributed by atoms with E-state index in [1.807, 2.05) is 4.57 Å². The summed E-state index contributed by atoms with van der Waals surface area (Å²) in [7, 11) is -3.66. The zero-order chi connectivity index (χ0) is 15.2. The largest absolute Gasteiger partial charge is 0.465 e. The molecule has 1 aliphatic rings. The molecule has 0 atom stereocenters.